The van der Waals surface area contributed by atoms with E-state index in [1.165, 1.54) is 11.3 Å². The van der Waals surface area contributed by atoms with E-state index in [2.05, 4.69) is 59.1 Å². The van der Waals surface area contributed by atoms with Gasteiger partial charge in [0.1, 0.15) is 0 Å². The lowest BCUT2D eigenvalue weighted by atomic mass is 10.1. The van der Waals surface area contributed by atoms with Gasteiger partial charge >= 0.3 is 0 Å². The lowest BCUT2D eigenvalue weighted by molar-refractivity contribution is 0.495. The summed E-state index contributed by atoms with van der Waals surface area (Å²) in [6, 6.07) is 14.9. The Balaban J connectivity index is 2.14. The highest BCUT2D eigenvalue weighted by atomic mass is 32.1. The third kappa shape index (κ3) is 3.59. The summed E-state index contributed by atoms with van der Waals surface area (Å²) in [6.45, 7) is 4.49. The summed E-state index contributed by atoms with van der Waals surface area (Å²) in [6.07, 6.45) is 5.87. The molecule has 0 aliphatic rings. The maximum atomic E-state index is 4.81. The monoisotopic (exact) mass is 323 g/mol. The molecular formula is C19H21N3S. The van der Waals surface area contributed by atoms with Crippen LogP contribution < -0.4 is 4.80 Å². The van der Waals surface area contributed by atoms with Crippen molar-refractivity contribution in [1.29, 1.82) is 0 Å². The molecule has 3 rings (SSSR count). The van der Waals surface area contributed by atoms with E-state index in [4.69, 9.17) is 4.99 Å². The first-order valence-electron chi connectivity index (χ1n) is 7.99. The molecule has 0 saturated carbocycles. The summed E-state index contributed by atoms with van der Waals surface area (Å²) in [5, 5.41) is 2.21. The quantitative estimate of drug-likeness (QED) is 0.634. The third-order valence-electron chi connectivity index (χ3n) is 3.83. The molecule has 0 N–H and O–H groups in total. The second-order valence-corrected chi connectivity index (χ2v) is 6.44. The van der Waals surface area contributed by atoms with E-state index in [1.54, 1.807) is 23.7 Å². The van der Waals surface area contributed by atoms with Gasteiger partial charge in [-0.25, -0.2) is 4.99 Å². The fourth-order valence-corrected chi connectivity index (χ4v) is 3.74. The topological polar surface area (TPSA) is 30.2 Å². The fourth-order valence-electron chi connectivity index (χ4n) is 2.72. The van der Waals surface area contributed by atoms with E-state index in [9.17, 15) is 0 Å². The number of nitrogens with zero attached hydrogens (tertiary/aromatic N) is 3. The van der Waals surface area contributed by atoms with Gasteiger partial charge in [-0.2, -0.15) is 0 Å². The van der Waals surface area contributed by atoms with Crippen LogP contribution in [0.5, 0.6) is 0 Å². The van der Waals surface area contributed by atoms with Gasteiger partial charge in [0.25, 0.3) is 0 Å². The van der Waals surface area contributed by atoms with Gasteiger partial charge < -0.3 is 4.57 Å². The molecule has 0 bridgehead atoms. The van der Waals surface area contributed by atoms with Gasteiger partial charge in [-0.15, -0.1) is 11.3 Å². The Hall–Kier alpha value is -2.20. The van der Waals surface area contributed by atoms with Gasteiger partial charge in [0, 0.05) is 17.6 Å². The normalized spacial score (nSPS) is 13.2. The number of pyridine rings is 1. The Morgan fingerprint density at radius 2 is 2.00 bits per heavy atom. The van der Waals surface area contributed by atoms with Gasteiger partial charge in [0.05, 0.1) is 17.6 Å². The van der Waals surface area contributed by atoms with Crippen LogP contribution in [-0.2, 0) is 0 Å². The van der Waals surface area contributed by atoms with E-state index < -0.39 is 0 Å². The molecule has 0 radical (unpaired) electrons. The van der Waals surface area contributed by atoms with E-state index in [0.29, 0.717) is 6.04 Å². The fraction of sp³-hybridized carbons (Fsp3) is 0.263. The number of benzene rings is 1. The number of hydrogen-bond donors (Lipinski definition) is 0. The lowest BCUT2D eigenvalue weighted by Crippen LogP contribution is -2.19. The number of aromatic nitrogens is 2. The van der Waals surface area contributed by atoms with Crippen molar-refractivity contribution in [3.8, 4) is 11.3 Å². The van der Waals surface area contributed by atoms with Gasteiger partial charge in [-0.1, -0.05) is 43.7 Å². The van der Waals surface area contributed by atoms with E-state index in [0.717, 1.165) is 23.3 Å². The maximum absolute atomic E-state index is 4.81. The number of hydrogen-bond acceptors (Lipinski definition) is 3. The van der Waals surface area contributed by atoms with Crippen molar-refractivity contribution >= 4 is 17.0 Å². The summed E-state index contributed by atoms with van der Waals surface area (Å²) < 4.78 is 2.36. The SMILES string of the molecule is CCCC(C)n1c(-c2ccccc2)csc1=Nc1cccnc1. The second kappa shape index (κ2) is 7.38. The standard InChI is InChI=1S/C19H21N3S/c1-3-8-15(2)22-18(16-9-5-4-6-10-16)14-23-19(22)21-17-11-7-12-20-13-17/h4-7,9-15H,3,8H2,1-2H3. The molecule has 0 saturated heterocycles. The van der Waals surface area contributed by atoms with Crippen molar-refractivity contribution in [3.05, 3.63) is 65.0 Å². The first-order valence-corrected chi connectivity index (χ1v) is 8.87. The maximum Gasteiger partial charge on any atom is 0.190 e. The molecule has 1 unspecified atom stereocenters. The molecule has 118 valence electrons. The Kier molecular flexibility index (Phi) is 5.03. The molecule has 1 atom stereocenters. The summed E-state index contributed by atoms with van der Waals surface area (Å²) in [5.74, 6) is 0. The van der Waals surface area contributed by atoms with Crippen LogP contribution in [0.25, 0.3) is 11.3 Å². The average Bonchev–Trinajstić information content (AvgIpc) is 3.00. The zero-order valence-electron chi connectivity index (χ0n) is 13.5. The molecule has 0 amide bonds. The Morgan fingerprint density at radius 3 is 2.70 bits per heavy atom. The van der Waals surface area contributed by atoms with Crippen molar-refractivity contribution in [2.45, 2.75) is 32.7 Å². The Labute approximate surface area is 141 Å². The molecule has 3 nitrogen and oxygen atoms in total. The van der Waals surface area contributed by atoms with E-state index in [-0.39, 0.29) is 0 Å². The lowest BCUT2D eigenvalue weighted by Gasteiger charge is -2.16. The first kappa shape index (κ1) is 15.7. The van der Waals surface area contributed by atoms with Gasteiger partial charge in [0.2, 0.25) is 0 Å². The van der Waals surface area contributed by atoms with Gasteiger partial charge in [-0.3, -0.25) is 4.98 Å². The minimum atomic E-state index is 0.414. The molecule has 23 heavy (non-hydrogen) atoms. The molecule has 0 fully saturated rings. The van der Waals surface area contributed by atoms with Gasteiger partial charge in [-0.05, 0) is 31.0 Å². The van der Waals surface area contributed by atoms with Crippen LogP contribution in [0.15, 0.2) is 65.2 Å². The number of rotatable bonds is 5. The highest BCUT2D eigenvalue weighted by molar-refractivity contribution is 7.07. The number of thiazole rings is 1. The molecule has 2 aromatic heterocycles. The molecule has 0 aliphatic carbocycles. The minimum absolute atomic E-state index is 0.414. The largest absolute Gasteiger partial charge is 0.314 e. The minimum Gasteiger partial charge on any atom is -0.314 e. The van der Waals surface area contributed by atoms with Crippen LogP contribution in [-0.4, -0.2) is 9.55 Å². The third-order valence-corrected chi connectivity index (χ3v) is 4.67. The smallest absolute Gasteiger partial charge is 0.190 e. The highest BCUT2D eigenvalue weighted by Gasteiger charge is 2.13. The van der Waals surface area contributed by atoms with Crippen molar-refractivity contribution in [2.75, 3.05) is 0 Å². The van der Waals surface area contributed by atoms with Gasteiger partial charge in [0.15, 0.2) is 4.80 Å². The van der Waals surface area contributed by atoms with Crippen LogP contribution >= 0.6 is 11.3 Å². The molecular weight excluding hydrogens is 302 g/mol. The molecule has 4 heteroatoms. The van der Waals surface area contributed by atoms with E-state index in [1.807, 2.05) is 12.1 Å². The molecule has 0 spiro atoms. The first-order chi connectivity index (χ1) is 11.3. The summed E-state index contributed by atoms with van der Waals surface area (Å²) in [7, 11) is 0. The zero-order valence-corrected chi connectivity index (χ0v) is 14.3. The summed E-state index contributed by atoms with van der Waals surface area (Å²) >= 11 is 1.69. The molecule has 1 aromatic carbocycles. The molecule has 3 aromatic rings. The van der Waals surface area contributed by atoms with Crippen LogP contribution in [0, 0.1) is 0 Å². The highest BCUT2D eigenvalue weighted by Crippen LogP contribution is 2.25. The van der Waals surface area contributed by atoms with Crippen LogP contribution in [0.4, 0.5) is 5.69 Å². The average molecular weight is 323 g/mol. The van der Waals surface area contributed by atoms with Crippen LogP contribution in [0.2, 0.25) is 0 Å². The molecule has 2 heterocycles. The van der Waals surface area contributed by atoms with Crippen molar-refractivity contribution in [2.24, 2.45) is 4.99 Å². The van der Waals surface area contributed by atoms with Crippen molar-refractivity contribution < 1.29 is 0 Å². The summed E-state index contributed by atoms with van der Waals surface area (Å²) in [5.41, 5.74) is 3.37. The Morgan fingerprint density at radius 1 is 1.17 bits per heavy atom. The second-order valence-electron chi connectivity index (χ2n) is 5.60. The van der Waals surface area contributed by atoms with Crippen molar-refractivity contribution in [3.63, 3.8) is 0 Å². The summed E-state index contributed by atoms with van der Waals surface area (Å²) in [4.78, 5) is 9.99. The predicted octanol–water partition coefficient (Wildman–Crippen LogP) is 5.21. The van der Waals surface area contributed by atoms with E-state index >= 15 is 0 Å². The van der Waals surface area contributed by atoms with Crippen LogP contribution in [0.3, 0.4) is 0 Å². The predicted molar refractivity (Wildman–Crippen MR) is 96.8 cm³/mol. The Bertz CT molecular complexity index is 803. The zero-order chi connectivity index (χ0) is 16.1. The van der Waals surface area contributed by atoms with Crippen molar-refractivity contribution in [1.82, 2.24) is 9.55 Å². The molecule has 0 aliphatic heterocycles. The van der Waals surface area contributed by atoms with Crippen LogP contribution in [0.1, 0.15) is 32.7 Å².